The highest BCUT2D eigenvalue weighted by Crippen LogP contribution is 2.33. The Balaban J connectivity index is 1.96. The van der Waals surface area contributed by atoms with E-state index in [1.165, 1.54) is 6.92 Å². The first-order valence-electron chi connectivity index (χ1n) is 5.24. The highest BCUT2D eigenvalue weighted by Gasteiger charge is 2.25. The number of rotatable bonds is 4. The zero-order valence-electron chi connectivity index (χ0n) is 9.05. The Morgan fingerprint density at radius 2 is 2.38 bits per heavy atom. The topological polar surface area (TPSA) is 55.8 Å². The fraction of sp³-hybridized carbons (Fsp3) is 0.417. The van der Waals surface area contributed by atoms with Crippen LogP contribution in [0.5, 0.6) is 5.75 Å². The van der Waals surface area contributed by atoms with E-state index in [0.29, 0.717) is 13.2 Å². The normalized spacial score (nSPS) is 19.9. The van der Waals surface area contributed by atoms with Crippen LogP contribution in [0.1, 0.15) is 18.4 Å². The van der Waals surface area contributed by atoms with Gasteiger partial charge in [0.25, 0.3) is 0 Å². The van der Waals surface area contributed by atoms with Crippen LogP contribution in [0.4, 0.5) is 0 Å². The maximum absolute atomic E-state index is 10.6. The summed E-state index contributed by atoms with van der Waals surface area (Å²) in [6.07, 6.45) is -0.771. The molecule has 1 aromatic carbocycles. The molecule has 4 nitrogen and oxygen atoms in total. The van der Waals surface area contributed by atoms with E-state index in [2.05, 4.69) is 0 Å². The van der Waals surface area contributed by atoms with Crippen molar-refractivity contribution in [3.63, 3.8) is 0 Å². The Labute approximate surface area is 93.8 Å². The van der Waals surface area contributed by atoms with Crippen molar-refractivity contribution in [1.29, 1.82) is 0 Å². The van der Waals surface area contributed by atoms with E-state index in [4.69, 9.17) is 14.6 Å². The van der Waals surface area contributed by atoms with E-state index < -0.39 is 12.1 Å². The molecule has 0 aliphatic carbocycles. The number of para-hydroxylation sites is 1. The molecular formula is C12H14O4. The van der Waals surface area contributed by atoms with Crippen LogP contribution < -0.4 is 4.74 Å². The largest absolute Gasteiger partial charge is 0.493 e. The van der Waals surface area contributed by atoms with Crippen LogP contribution in [0.3, 0.4) is 0 Å². The number of hydrogen-bond acceptors (Lipinski definition) is 3. The van der Waals surface area contributed by atoms with Crippen LogP contribution in [-0.2, 0) is 9.53 Å². The smallest absolute Gasteiger partial charge is 0.332 e. The number of carboxylic acids is 1. The molecule has 1 aromatic rings. The lowest BCUT2D eigenvalue weighted by atomic mass is 10.0. The van der Waals surface area contributed by atoms with Crippen LogP contribution in [0.15, 0.2) is 24.3 Å². The molecule has 0 bridgehead atoms. The van der Waals surface area contributed by atoms with Crippen molar-refractivity contribution >= 4 is 5.97 Å². The Morgan fingerprint density at radius 3 is 3.12 bits per heavy atom. The van der Waals surface area contributed by atoms with Crippen molar-refractivity contribution in [3.8, 4) is 5.75 Å². The minimum atomic E-state index is -0.938. The summed E-state index contributed by atoms with van der Waals surface area (Å²) in [5, 5.41) is 8.69. The lowest BCUT2D eigenvalue weighted by Gasteiger charge is -2.12. The maximum atomic E-state index is 10.6. The van der Waals surface area contributed by atoms with E-state index in [-0.39, 0.29) is 5.92 Å². The quantitative estimate of drug-likeness (QED) is 0.841. The monoisotopic (exact) mass is 222 g/mol. The fourth-order valence-corrected chi connectivity index (χ4v) is 1.70. The van der Waals surface area contributed by atoms with Crippen molar-refractivity contribution in [3.05, 3.63) is 29.8 Å². The molecule has 0 radical (unpaired) electrons. The van der Waals surface area contributed by atoms with Crippen molar-refractivity contribution < 1.29 is 19.4 Å². The third kappa shape index (κ3) is 2.17. The van der Waals surface area contributed by atoms with Gasteiger partial charge >= 0.3 is 5.97 Å². The molecule has 0 amide bonds. The molecule has 1 aliphatic rings. The summed E-state index contributed by atoms with van der Waals surface area (Å²) in [5.41, 5.74) is 1.10. The molecule has 16 heavy (non-hydrogen) atoms. The number of fused-ring (bicyclic) bond motifs is 1. The standard InChI is InChI=1S/C12H14O4/c1-8(12(13)14)15-6-9-7-16-11-5-3-2-4-10(9)11/h2-5,8-9H,6-7H2,1H3,(H,13,14)/t8-,9?/m0/s1. The molecule has 1 aliphatic heterocycles. The van der Waals surface area contributed by atoms with Gasteiger partial charge in [0, 0.05) is 11.5 Å². The molecule has 2 atom stereocenters. The zero-order chi connectivity index (χ0) is 11.5. The predicted molar refractivity (Wildman–Crippen MR) is 57.7 cm³/mol. The first-order valence-corrected chi connectivity index (χ1v) is 5.24. The SMILES string of the molecule is C[C@H](OCC1COc2ccccc21)C(=O)O. The summed E-state index contributed by atoms with van der Waals surface area (Å²) in [5.74, 6) is 0.0734. The molecule has 0 aromatic heterocycles. The third-order valence-electron chi connectivity index (χ3n) is 2.69. The fourth-order valence-electron chi connectivity index (χ4n) is 1.70. The van der Waals surface area contributed by atoms with E-state index in [0.717, 1.165) is 11.3 Å². The van der Waals surface area contributed by atoms with Gasteiger partial charge in [-0.1, -0.05) is 18.2 Å². The van der Waals surface area contributed by atoms with E-state index in [1.54, 1.807) is 0 Å². The Kier molecular flexibility index (Phi) is 3.10. The van der Waals surface area contributed by atoms with Crippen LogP contribution in [-0.4, -0.2) is 30.4 Å². The molecular weight excluding hydrogens is 208 g/mol. The second-order valence-corrected chi connectivity index (χ2v) is 3.86. The van der Waals surface area contributed by atoms with E-state index in [9.17, 15) is 4.79 Å². The highest BCUT2D eigenvalue weighted by molar-refractivity contribution is 5.71. The highest BCUT2D eigenvalue weighted by atomic mass is 16.5. The predicted octanol–water partition coefficient (Wildman–Crippen LogP) is 1.65. The lowest BCUT2D eigenvalue weighted by molar-refractivity contribution is -0.149. The van der Waals surface area contributed by atoms with Gasteiger partial charge < -0.3 is 14.6 Å². The Bertz CT molecular complexity index is 388. The van der Waals surface area contributed by atoms with Crippen molar-refractivity contribution in [2.75, 3.05) is 13.2 Å². The number of carbonyl (C=O) groups is 1. The van der Waals surface area contributed by atoms with Gasteiger partial charge in [0.1, 0.15) is 5.75 Å². The summed E-state index contributed by atoms with van der Waals surface area (Å²) in [6, 6.07) is 7.76. The molecule has 0 saturated carbocycles. The lowest BCUT2D eigenvalue weighted by Crippen LogP contribution is -2.23. The Morgan fingerprint density at radius 1 is 1.62 bits per heavy atom. The van der Waals surface area contributed by atoms with Gasteiger partial charge in [0.15, 0.2) is 6.10 Å². The van der Waals surface area contributed by atoms with E-state index >= 15 is 0 Å². The summed E-state index contributed by atoms with van der Waals surface area (Å²) >= 11 is 0. The van der Waals surface area contributed by atoms with Gasteiger partial charge in [-0.15, -0.1) is 0 Å². The molecule has 1 unspecified atom stereocenters. The molecule has 0 saturated heterocycles. The number of carboxylic acid groups (broad SMARTS) is 1. The maximum Gasteiger partial charge on any atom is 0.332 e. The van der Waals surface area contributed by atoms with Crippen LogP contribution >= 0.6 is 0 Å². The minimum absolute atomic E-state index is 0.137. The minimum Gasteiger partial charge on any atom is -0.493 e. The van der Waals surface area contributed by atoms with Crippen LogP contribution in [0, 0.1) is 0 Å². The average Bonchev–Trinajstić information content (AvgIpc) is 2.69. The number of hydrogen-bond donors (Lipinski definition) is 1. The number of benzene rings is 1. The third-order valence-corrected chi connectivity index (χ3v) is 2.69. The average molecular weight is 222 g/mol. The molecule has 4 heteroatoms. The van der Waals surface area contributed by atoms with Gasteiger partial charge in [-0.05, 0) is 13.0 Å². The summed E-state index contributed by atoms with van der Waals surface area (Å²) in [4.78, 5) is 10.6. The van der Waals surface area contributed by atoms with Crippen molar-refractivity contribution in [2.24, 2.45) is 0 Å². The molecule has 0 fully saturated rings. The first-order chi connectivity index (χ1) is 7.68. The van der Waals surface area contributed by atoms with Crippen LogP contribution in [0.2, 0.25) is 0 Å². The van der Waals surface area contributed by atoms with Crippen LogP contribution in [0.25, 0.3) is 0 Å². The molecule has 0 spiro atoms. The second-order valence-electron chi connectivity index (χ2n) is 3.86. The van der Waals surface area contributed by atoms with E-state index in [1.807, 2.05) is 24.3 Å². The molecule has 1 N–H and O–H groups in total. The summed E-state index contributed by atoms with van der Waals surface area (Å²) < 4.78 is 10.7. The van der Waals surface area contributed by atoms with Gasteiger partial charge in [-0.2, -0.15) is 0 Å². The number of ether oxygens (including phenoxy) is 2. The molecule has 86 valence electrons. The van der Waals surface area contributed by atoms with Gasteiger partial charge in [-0.25, -0.2) is 4.79 Å². The summed E-state index contributed by atoms with van der Waals surface area (Å²) in [6.45, 7) is 2.47. The van der Waals surface area contributed by atoms with Crippen molar-refractivity contribution in [2.45, 2.75) is 18.9 Å². The Hall–Kier alpha value is -1.55. The first kappa shape index (κ1) is 11.0. The zero-order valence-corrected chi connectivity index (χ0v) is 9.05. The molecule has 1 heterocycles. The summed E-state index contributed by atoms with van der Waals surface area (Å²) in [7, 11) is 0. The van der Waals surface area contributed by atoms with Crippen molar-refractivity contribution in [1.82, 2.24) is 0 Å². The van der Waals surface area contributed by atoms with Gasteiger partial charge in [0.2, 0.25) is 0 Å². The van der Waals surface area contributed by atoms with Gasteiger partial charge in [0.05, 0.1) is 13.2 Å². The van der Waals surface area contributed by atoms with Gasteiger partial charge in [-0.3, -0.25) is 0 Å². The second kappa shape index (κ2) is 4.53. The number of aliphatic carboxylic acids is 1. The molecule has 2 rings (SSSR count).